The number of anilines is 3. The minimum absolute atomic E-state index is 0.0237. The van der Waals surface area contributed by atoms with E-state index in [9.17, 15) is 20.0 Å². The van der Waals surface area contributed by atoms with E-state index in [2.05, 4.69) is 26.7 Å². The Labute approximate surface area is 212 Å². The number of hydrogen-bond donors (Lipinski definition) is 4. The molecule has 1 saturated heterocycles. The standard InChI is InChI=1S/C25H27ClN6O4/c1-13-10-32(11-14(2)22(13)34)24-16(9-27)7-18(26)23(31-24)29-17-4-5-19-15(6-17)8-20(25(35)30-19)36-12-21(33)28-3/h4-8,13-14,22,34H,10-12H2,1-3H3,(H,28,33)(H,29,31)(H,30,35)/t13-,14+,22?. The number of H-pyrrole nitrogens is 1. The maximum absolute atomic E-state index is 12.3. The number of piperidine rings is 1. The third-order valence-electron chi connectivity index (χ3n) is 6.27. The molecule has 0 radical (unpaired) electrons. The van der Waals surface area contributed by atoms with Crippen molar-refractivity contribution in [1.29, 1.82) is 5.26 Å². The summed E-state index contributed by atoms with van der Waals surface area (Å²) in [5, 5.41) is 26.6. The number of rotatable bonds is 6. The van der Waals surface area contributed by atoms with E-state index in [-0.39, 0.29) is 35.1 Å². The SMILES string of the molecule is CNC(=O)COc1cc2cc(Nc3nc(N4C[C@@H](C)C(O)[C@@H](C)C4)c(C#N)cc3Cl)ccc2[nH]c1=O. The Morgan fingerprint density at radius 3 is 2.69 bits per heavy atom. The number of aromatic amines is 1. The highest BCUT2D eigenvalue weighted by molar-refractivity contribution is 6.33. The van der Waals surface area contributed by atoms with Crippen molar-refractivity contribution in [2.24, 2.45) is 11.8 Å². The van der Waals surface area contributed by atoms with Gasteiger partial charge < -0.3 is 30.4 Å². The predicted molar refractivity (Wildman–Crippen MR) is 138 cm³/mol. The summed E-state index contributed by atoms with van der Waals surface area (Å²) in [7, 11) is 1.48. The van der Waals surface area contributed by atoms with E-state index in [4.69, 9.17) is 16.3 Å². The molecule has 1 aromatic carbocycles. The van der Waals surface area contributed by atoms with Gasteiger partial charge in [-0.1, -0.05) is 25.4 Å². The van der Waals surface area contributed by atoms with Crippen LogP contribution in [-0.2, 0) is 4.79 Å². The zero-order valence-corrected chi connectivity index (χ0v) is 20.9. The van der Waals surface area contributed by atoms with E-state index < -0.39 is 11.7 Å². The number of pyridine rings is 2. The maximum Gasteiger partial charge on any atom is 0.290 e. The van der Waals surface area contributed by atoms with Crippen molar-refractivity contribution >= 4 is 45.7 Å². The molecule has 1 fully saturated rings. The minimum Gasteiger partial charge on any atom is -0.478 e. The smallest absolute Gasteiger partial charge is 0.290 e. The number of nitriles is 1. The number of likely N-dealkylation sites (N-methyl/N-ethyl adjacent to an activating group) is 1. The van der Waals surface area contributed by atoms with E-state index in [0.29, 0.717) is 46.9 Å². The number of nitrogens with one attached hydrogen (secondary N) is 3. The Morgan fingerprint density at radius 1 is 1.31 bits per heavy atom. The third-order valence-corrected chi connectivity index (χ3v) is 6.56. The lowest BCUT2D eigenvalue weighted by Crippen LogP contribution is -2.48. The zero-order valence-electron chi connectivity index (χ0n) is 20.1. The van der Waals surface area contributed by atoms with Gasteiger partial charge in [0.05, 0.1) is 16.7 Å². The average molecular weight is 511 g/mol. The molecule has 3 atom stereocenters. The first-order valence-corrected chi connectivity index (χ1v) is 11.9. The second kappa shape index (κ2) is 10.4. The molecule has 0 aliphatic carbocycles. The summed E-state index contributed by atoms with van der Waals surface area (Å²) in [6.45, 7) is 4.80. The number of carbonyl (C=O) groups excluding carboxylic acids is 1. The van der Waals surface area contributed by atoms with Gasteiger partial charge in [0.1, 0.15) is 11.9 Å². The third kappa shape index (κ3) is 5.22. The molecular weight excluding hydrogens is 484 g/mol. The number of carbonyl (C=O) groups is 1. The number of amides is 1. The van der Waals surface area contributed by atoms with Crippen LogP contribution in [-0.4, -0.2) is 53.8 Å². The molecule has 0 saturated carbocycles. The first kappa shape index (κ1) is 25.3. The van der Waals surface area contributed by atoms with Crippen molar-refractivity contribution in [2.75, 3.05) is 37.0 Å². The molecule has 0 spiro atoms. The summed E-state index contributed by atoms with van der Waals surface area (Å²) in [4.78, 5) is 33.2. The number of aliphatic hydroxyl groups is 1. The van der Waals surface area contributed by atoms with Crippen LogP contribution in [0.4, 0.5) is 17.3 Å². The molecule has 1 amide bonds. The summed E-state index contributed by atoms with van der Waals surface area (Å²) in [6, 6.07) is 10.6. The van der Waals surface area contributed by atoms with Crippen LogP contribution in [0, 0.1) is 23.2 Å². The molecule has 4 N–H and O–H groups in total. The van der Waals surface area contributed by atoms with Crippen molar-refractivity contribution in [3.63, 3.8) is 0 Å². The fourth-order valence-corrected chi connectivity index (χ4v) is 4.53. The highest BCUT2D eigenvalue weighted by Crippen LogP contribution is 2.33. The van der Waals surface area contributed by atoms with Crippen molar-refractivity contribution in [3.8, 4) is 11.8 Å². The van der Waals surface area contributed by atoms with Gasteiger partial charge in [-0.05, 0) is 42.2 Å². The van der Waals surface area contributed by atoms with Crippen LogP contribution >= 0.6 is 11.6 Å². The second-order valence-corrected chi connectivity index (χ2v) is 9.41. The van der Waals surface area contributed by atoms with E-state index in [1.165, 1.54) is 7.05 Å². The van der Waals surface area contributed by atoms with Crippen LogP contribution in [0.25, 0.3) is 10.9 Å². The summed E-state index contributed by atoms with van der Waals surface area (Å²) >= 11 is 6.46. The molecule has 2 aromatic heterocycles. The molecule has 1 unspecified atom stereocenters. The molecule has 188 valence electrons. The molecule has 0 bridgehead atoms. The molecule has 4 rings (SSSR count). The Kier molecular flexibility index (Phi) is 7.33. The normalized spacial score (nSPS) is 19.6. The van der Waals surface area contributed by atoms with Crippen molar-refractivity contribution in [2.45, 2.75) is 20.0 Å². The maximum atomic E-state index is 12.3. The largest absolute Gasteiger partial charge is 0.478 e. The Balaban J connectivity index is 1.64. The van der Waals surface area contributed by atoms with Gasteiger partial charge >= 0.3 is 0 Å². The number of halogens is 1. The average Bonchev–Trinajstić information content (AvgIpc) is 2.86. The number of ether oxygens (including phenoxy) is 1. The number of aliphatic hydroxyl groups excluding tert-OH is 1. The lowest BCUT2D eigenvalue weighted by atomic mass is 9.88. The van der Waals surface area contributed by atoms with E-state index >= 15 is 0 Å². The fourth-order valence-electron chi connectivity index (χ4n) is 4.33. The molecule has 11 heteroatoms. The summed E-state index contributed by atoms with van der Waals surface area (Å²) in [5.74, 6) is 0.597. The van der Waals surface area contributed by atoms with Crippen molar-refractivity contribution in [3.05, 3.63) is 51.3 Å². The lowest BCUT2D eigenvalue weighted by Gasteiger charge is -2.39. The number of aromatic nitrogens is 2. The van der Waals surface area contributed by atoms with Crippen LogP contribution in [0.5, 0.6) is 5.75 Å². The van der Waals surface area contributed by atoms with E-state index in [1.807, 2.05) is 18.7 Å². The van der Waals surface area contributed by atoms with Crippen LogP contribution in [0.15, 0.2) is 35.1 Å². The molecule has 3 heterocycles. The Hall–Kier alpha value is -3.81. The van der Waals surface area contributed by atoms with Gasteiger partial charge in [0.25, 0.3) is 11.5 Å². The predicted octanol–water partition coefficient (Wildman–Crippen LogP) is 2.77. The van der Waals surface area contributed by atoms with Gasteiger partial charge in [-0.25, -0.2) is 4.98 Å². The minimum atomic E-state index is -0.441. The number of fused-ring (bicyclic) bond motifs is 1. The first-order chi connectivity index (χ1) is 17.2. The van der Waals surface area contributed by atoms with Crippen LogP contribution < -0.4 is 25.8 Å². The van der Waals surface area contributed by atoms with Gasteiger partial charge in [-0.3, -0.25) is 9.59 Å². The lowest BCUT2D eigenvalue weighted by molar-refractivity contribution is -0.122. The van der Waals surface area contributed by atoms with Gasteiger partial charge in [-0.15, -0.1) is 0 Å². The summed E-state index contributed by atoms with van der Waals surface area (Å²) in [6.07, 6.45) is -0.411. The highest BCUT2D eigenvalue weighted by Gasteiger charge is 2.32. The van der Waals surface area contributed by atoms with Crippen LogP contribution in [0.2, 0.25) is 5.02 Å². The topological polar surface area (TPSA) is 143 Å². The quantitative estimate of drug-likeness (QED) is 0.396. The Bertz CT molecular complexity index is 1390. The van der Waals surface area contributed by atoms with E-state index in [0.717, 1.165) is 0 Å². The molecule has 3 aromatic rings. The van der Waals surface area contributed by atoms with E-state index in [1.54, 1.807) is 30.3 Å². The highest BCUT2D eigenvalue weighted by atomic mass is 35.5. The van der Waals surface area contributed by atoms with Crippen molar-refractivity contribution in [1.82, 2.24) is 15.3 Å². The van der Waals surface area contributed by atoms with Gasteiger partial charge in [0.15, 0.2) is 18.2 Å². The summed E-state index contributed by atoms with van der Waals surface area (Å²) < 4.78 is 5.34. The first-order valence-electron chi connectivity index (χ1n) is 11.5. The molecule has 10 nitrogen and oxygen atoms in total. The van der Waals surface area contributed by atoms with Gasteiger partial charge in [-0.2, -0.15) is 5.26 Å². The molecule has 1 aliphatic heterocycles. The monoisotopic (exact) mass is 510 g/mol. The second-order valence-electron chi connectivity index (χ2n) is 9.00. The number of nitrogens with zero attached hydrogens (tertiary/aromatic N) is 3. The van der Waals surface area contributed by atoms with Gasteiger partial charge in [0.2, 0.25) is 0 Å². The number of hydrogen-bond acceptors (Lipinski definition) is 8. The molecular formula is C25H27ClN6O4. The molecule has 36 heavy (non-hydrogen) atoms. The number of benzene rings is 1. The summed E-state index contributed by atoms with van der Waals surface area (Å²) in [5.41, 5.74) is 1.15. The Morgan fingerprint density at radius 2 is 2.03 bits per heavy atom. The van der Waals surface area contributed by atoms with Crippen LogP contribution in [0.3, 0.4) is 0 Å². The zero-order chi connectivity index (χ0) is 26.0. The van der Waals surface area contributed by atoms with Crippen LogP contribution in [0.1, 0.15) is 19.4 Å². The van der Waals surface area contributed by atoms with Gasteiger partial charge in [0, 0.05) is 36.7 Å². The van der Waals surface area contributed by atoms with Crippen molar-refractivity contribution < 1.29 is 14.6 Å². The fraction of sp³-hybridized carbons (Fsp3) is 0.360. The molecule has 1 aliphatic rings.